The van der Waals surface area contributed by atoms with Crippen LogP contribution < -0.4 is 16.5 Å². The van der Waals surface area contributed by atoms with Crippen LogP contribution in [0.15, 0.2) is 28.0 Å². The monoisotopic (exact) mass is 541 g/mol. The summed E-state index contributed by atoms with van der Waals surface area (Å²) in [7, 11) is 3.70. The van der Waals surface area contributed by atoms with Crippen molar-refractivity contribution >= 4 is 29.5 Å². The van der Waals surface area contributed by atoms with Gasteiger partial charge in [-0.2, -0.15) is 9.37 Å². The molecule has 3 aromatic rings. The number of aldehydes is 1. The van der Waals surface area contributed by atoms with Gasteiger partial charge in [-0.05, 0) is 19.2 Å². The third-order valence-corrected chi connectivity index (χ3v) is 5.37. The third kappa shape index (κ3) is 6.63. The SMILES string of the molecule is CN1CCN(c2ncc(/C(N)=N/N(C)N)cc2Cl)CC1.O=Cc1noc(-c2cc(F)c(F)c(O)c2F)n1. The van der Waals surface area contributed by atoms with Crippen molar-refractivity contribution in [2.75, 3.05) is 45.2 Å². The third-order valence-electron chi connectivity index (χ3n) is 5.10. The molecular weight excluding hydrogens is 519 g/mol. The summed E-state index contributed by atoms with van der Waals surface area (Å²) in [6, 6.07) is 2.21. The van der Waals surface area contributed by atoms with Gasteiger partial charge in [-0.1, -0.05) is 16.8 Å². The Hall–Kier alpha value is -3.95. The van der Waals surface area contributed by atoms with E-state index >= 15 is 0 Å². The lowest BCUT2D eigenvalue weighted by Crippen LogP contribution is -2.45. The van der Waals surface area contributed by atoms with Gasteiger partial charge in [0.1, 0.15) is 5.82 Å². The maximum absolute atomic E-state index is 13.4. The quantitative estimate of drug-likeness (QED) is 0.107. The molecule has 2 aromatic heterocycles. The number of phenols is 1. The number of anilines is 1. The normalized spacial score (nSPS) is 14.2. The minimum Gasteiger partial charge on any atom is -0.503 e. The van der Waals surface area contributed by atoms with Crippen LogP contribution in [0.4, 0.5) is 19.0 Å². The van der Waals surface area contributed by atoms with Crippen LogP contribution in [0.3, 0.4) is 0 Å². The van der Waals surface area contributed by atoms with Crippen LogP contribution in [0.1, 0.15) is 16.2 Å². The molecule has 12 nitrogen and oxygen atoms in total. The highest BCUT2D eigenvalue weighted by Gasteiger charge is 2.23. The summed E-state index contributed by atoms with van der Waals surface area (Å²) in [5.41, 5.74) is 5.84. The second-order valence-electron chi connectivity index (χ2n) is 7.84. The number of aromatic hydroxyl groups is 1. The Labute approximate surface area is 213 Å². The van der Waals surface area contributed by atoms with Crippen LogP contribution in [0.25, 0.3) is 11.5 Å². The maximum atomic E-state index is 13.4. The summed E-state index contributed by atoms with van der Waals surface area (Å²) < 4.78 is 43.5. The van der Waals surface area contributed by atoms with Crippen molar-refractivity contribution in [3.05, 3.63) is 52.2 Å². The zero-order valence-corrected chi connectivity index (χ0v) is 20.5. The number of hydrazone groups is 1. The van der Waals surface area contributed by atoms with E-state index in [2.05, 4.69) is 41.6 Å². The largest absolute Gasteiger partial charge is 0.503 e. The van der Waals surface area contributed by atoms with Gasteiger partial charge in [0.05, 0.1) is 10.6 Å². The molecule has 1 aliphatic rings. The van der Waals surface area contributed by atoms with E-state index in [0.717, 1.165) is 37.1 Å². The van der Waals surface area contributed by atoms with Crippen molar-refractivity contribution in [1.82, 2.24) is 25.1 Å². The fourth-order valence-electron chi connectivity index (χ4n) is 3.19. The molecule has 37 heavy (non-hydrogen) atoms. The first-order valence-corrected chi connectivity index (χ1v) is 11.0. The van der Waals surface area contributed by atoms with Crippen LogP contribution in [0.2, 0.25) is 5.02 Å². The number of nitrogens with two attached hydrogens (primary N) is 2. The van der Waals surface area contributed by atoms with Crippen LogP contribution in [-0.4, -0.2) is 82.6 Å². The molecule has 0 spiro atoms. The van der Waals surface area contributed by atoms with Crippen molar-refractivity contribution < 1.29 is 27.6 Å². The molecule has 3 heterocycles. The van der Waals surface area contributed by atoms with Crippen molar-refractivity contribution in [1.29, 1.82) is 0 Å². The lowest BCUT2D eigenvalue weighted by atomic mass is 10.2. The zero-order valence-electron chi connectivity index (χ0n) is 19.7. The first-order chi connectivity index (χ1) is 17.5. The van der Waals surface area contributed by atoms with Gasteiger partial charge in [0.25, 0.3) is 5.89 Å². The van der Waals surface area contributed by atoms with Gasteiger partial charge < -0.3 is 25.2 Å². The van der Waals surface area contributed by atoms with E-state index in [1.165, 1.54) is 0 Å². The Balaban J connectivity index is 0.000000208. The van der Waals surface area contributed by atoms with Gasteiger partial charge in [0.15, 0.2) is 29.5 Å². The summed E-state index contributed by atoms with van der Waals surface area (Å²) in [6.07, 6.45) is 1.90. The fourth-order valence-corrected chi connectivity index (χ4v) is 3.47. The first kappa shape index (κ1) is 27.6. The number of nitrogens with zero attached hydrogens (tertiary/aromatic N) is 7. The Morgan fingerprint density at radius 1 is 1.24 bits per heavy atom. The Morgan fingerprint density at radius 2 is 1.92 bits per heavy atom. The zero-order chi connectivity index (χ0) is 27.3. The Morgan fingerprint density at radius 3 is 2.49 bits per heavy atom. The molecule has 0 atom stereocenters. The number of likely N-dealkylation sites (N-methyl/N-ethyl adjacent to an activating group) is 1. The molecule has 198 valence electrons. The summed E-state index contributed by atoms with van der Waals surface area (Å²) in [4.78, 5) is 22.5. The average molecular weight is 542 g/mol. The number of hydrazine groups is 1. The molecule has 1 aromatic carbocycles. The van der Waals surface area contributed by atoms with Gasteiger partial charge in [0.2, 0.25) is 11.6 Å². The van der Waals surface area contributed by atoms with E-state index in [0.29, 0.717) is 16.7 Å². The van der Waals surface area contributed by atoms with Gasteiger partial charge in [0, 0.05) is 45.0 Å². The minimum absolute atomic E-state index is 0.227. The molecule has 0 bridgehead atoms. The number of rotatable bonds is 5. The highest BCUT2D eigenvalue weighted by Crippen LogP contribution is 2.31. The van der Waals surface area contributed by atoms with E-state index in [1.807, 2.05) is 0 Å². The molecule has 0 amide bonds. The molecule has 1 saturated heterocycles. The predicted octanol–water partition coefficient (Wildman–Crippen LogP) is 1.58. The molecule has 1 aliphatic heterocycles. The summed E-state index contributed by atoms with van der Waals surface area (Å²) in [6.45, 7) is 3.83. The van der Waals surface area contributed by atoms with Crippen molar-refractivity contribution in [2.45, 2.75) is 0 Å². The number of amidine groups is 1. The number of aromatic nitrogens is 3. The maximum Gasteiger partial charge on any atom is 0.261 e. The number of piperazine rings is 1. The Kier molecular flexibility index (Phi) is 8.86. The van der Waals surface area contributed by atoms with E-state index in [1.54, 1.807) is 19.3 Å². The van der Waals surface area contributed by atoms with E-state index < -0.39 is 34.7 Å². The molecular formula is C21H23ClF3N9O3. The molecule has 0 unspecified atom stereocenters. The predicted molar refractivity (Wildman–Crippen MR) is 128 cm³/mol. The van der Waals surface area contributed by atoms with E-state index in [9.17, 15) is 18.0 Å². The number of halogens is 4. The molecule has 0 aliphatic carbocycles. The molecule has 0 radical (unpaired) electrons. The van der Waals surface area contributed by atoms with Crippen molar-refractivity contribution in [2.24, 2.45) is 16.7 Å². The number of benzene rings is 1. The second kappa shape index (κ2) is 11.9. The lowest BCUT2D eigenvalue weighted by molar-refractivity contribution is 0.111. The fraction of sp³-hybridized carbons (Fsp3) is 0.286. The topological polar surface area (TPSA) is 163 Å². The van der Waals surface area contributed by atoms with Crippen molar-refractivity contribution in [3.63, 3.8) is 0 Å². The van der Waals surface area contributed by atoms with Gasteiger partial charge >= 0.3 is 0 Å². The highest BCUT2D eigenvalue weighted by atomic mass is 35.5. The Bertz CT molecular complexity index is 1300. The summed E-state index contributed by atoms with van der Waals surface area (Å²) in [5, 5.41) is 17.7. The molecule has 4 rings (SSSR count). The molecule has 5 N–H and O–H groups in total. The van der Waals surface area contributed by atoms with E-state index in [-0.39, 0.29) is 17.9 Å². The minimum atomic E-state index is -1.72. The van der Waals surface area contributed by atoms with Gasteiger partial charge in [-0.25, -0.2) is 24.7 Å². The summed E-state index contributed by atoms with van der Waals surface area (Å²) in [5.74, 6) is -0.575. The number of carbonyl (C=O) groups excluding carboxylic acids is 1. The van der Waals surface area contributed by atoms with Crippen LogP contribution in [0.5, 0.6) is 5.75 Å². The number of hydrogen-bond acceptors (Lipinski definition) is 11. The summed E-state index contributed by atoms with van der Waals surface area (Å²) >= 11 is 6.31. The van der Waals surface area contributed by atoms with E-state index in [4.69, 9.17) is 28.3 Å². The molecule has 0 saturated carbocycles. The number of hydrogen-bond donors (Lipinski definition) is 3. The smallest absolute Gasteiger partial charge is 0.261 e. The average Bonchev–Trinajstić information content (AvgIpc) is 3.35. The van der Waals surface area contributed by atoms with Gasteiger partial charge in [-0.15, -0.1) is 5.10 Å². The number of carbonyl (C=O) groups is 1. The molecule has 16 heteroatoms. The number of pyridine rings is 1. The van der Waals surface area contributed by atoms with Gasteiger partial charge in [-0.3, -0.25) is 4.79 Å². The van der Waals surface area contributed by atoms with Crippen molar-refractivity contribution in [3.8, 4) is 17.2 Å². The lowest BCUT2D eigenvalue weighted by Gasteiger charge is -2.33. The number of phenolic OH excluding ortho intramolecular Hbond substituents is 1. The first-order valence-electron chi connectivity index (χ1n) is 10.6. The van der Waals surface area contributed by atoms with Crippen LogP contribution >= 0.6 is 11.6 Å². The second-order valence-corrected chi connectivity index (χ2v) is 8.24. The van der Waals surface area contributed by atoms with Crippen LogP contribution in [0, 0.1) is 17.5 Å². The highest BCUT2D eigenvalue weighted by molar-refractivity contribution is 6.33. The standard InChI is InChI=1S/C12H20ClN7.C9H3F3N2O3/c1-18-3-5-20(6-4-18)12-10(13)7-9(8-16-12)11(14)17-19(2)15;10-4-1-3(6(11)8(16)7(4)12)9-13-5(2-15)14-17-9/h7-8H,3-6,15H2,1-2H3,(H2,14,17);1-2,16H. The molecule has 1 fully saturated rings. The van der Waals surface area contributed by atoms with Crippen LogP contribution in [-0.2, 0) is 0 Å².